The van der Waals surface area contributed by atoms with Crippen LogP contribution in [0.25, 0.3) is 0 Å². The fourth-order valence-corrected chi connectivity index (χ4v) is 6.66. The van der Waals surface area contributed by atoms with Crippen molar-refractivity contribution in [2.24, 2.45) is 46.8 Å². The van der Waals surface area contributed by atoms with Crippen molar-refractivity contribution in [1.29, 1.82) is 0 Å². The van der Waals surface area contributed by atoms with Gasteiger partial charge in [0, 0.05) is 0 Å². The van der Waals surface area contributed by atoms with Crippen molar-refractivity contribution in [2.75, 3.05) is 6.61 Å². The van der Waals surface area contributed by atoms with E-state index in [0.717, 1.165) is 19.3 Å². The van der Waals surface area contributed by atoms with Crippen LogP contribution in [-0.4, -0.2) is 23.7 Å². The van der Waals surface area contributed by atoms with Crippen LogP contribution >= 0.6 is 0 Å². The molecule has 2 saturated carbocycles. The second-order valence-corrected chi connectivity index (χ2v) is 10.8. The van der Waals surface area contributed by atoms with Gasteiger partial charge in [0.05, 0.1) is 18.4 Å². The number of rotatable bonds is 8. The van der Waals surface area contributed by atoms with Crippen LogP contribution in [0.2, 0.25) is 0 Å². The highest BCUT2D eigenvalue weighted by atomic mass is 16.5. The molecule has 0 heterocycles. The summed E-state index contributed by atoms with van der Waals surface area (Å²) >= 11 is 0. The van der Waals surface area contributed by atoms with E-state index in [9.17, 15) is 14.7 Å². The summed E-state index contributed by atoms with van der Waals surface area (Å²) in [5.41, 5.74) is 0.238. The lowest BCUT2D eigenvalue weighted by atomic mass is 9.54. The molecule has 1 N–H and O–H groups in total. The molecule has 0 bridgehead atoms. The van der Waals surface area contributed by atoms with Gasteiger partial charge in [-0.1, -0.05) is 60.8 Å². The Morgan fingerprint density at radius 1 is 1.14 bits per heavy atom. The molecule has 2 fully saturated rings. The van der Waals surface area contributed by atoms with Crippen LogP contribution in [0.3, 0.4) is 0 Å². The second kappa shape index (κ2) is 10.3. The topological polar surface area (TPSA) is 63.6 Å². The Kier molecular flexibility index (Phi) is 8.60. The number of carbonyl (C=O) groups excluding carboxylic acids is 1. The number of carboxylic acid groups (broad SMARTS) is 1. The van der Waals surface area contributed by atoms with Crippen LogP contribution in [-0.2, 0) is 14.3 Å². The van der Waals surface area contributed by atoms with Crippen molar-refractivity contribution >= 4 is 11.9 Å². The third kappa shape index (κ3) is 5.55. The molecular weight excluding hydrogens is 364 g/mol. The highest BCUT2D eigenvalue weighted by molar-refractivity contribution is 5.81. The molecule has 2 aliphatic carbocycles. The van der Waals surface area contributed by atoms with E-state index >= 15 is 0 Å². The molecular formula is C25H44O4. The highest BCUT2D eigenvalue weighted by Gasteiger charge is 2.46. The molecule has 6 unspecified atom stereocenters. The molecule has 0 amide bonds. The molecule has 6 atom stereocenters. The van der Waals surface area contributed by atoms with Crippen LogP contribution in [0.1, 0.15) is 92.9 Å². The lowest BCUT2D eigenvalue weighted by Crippen LogP contribution is -2.45. The van der Waals surface area contributed by atoms with Crippen molar-refractivity contribution < 1.29 is 19.4 Å². The lowest BCUT2D eigenvalue weighted by molar-refractivity contribution is -0.164. The maximum atomic E-state index is 12.9. The van der Waals surface area contributed by atoms with Gasteiger partial charge in [0.15, 0.2) is 0 Å². The number of carboxylic acids is 1. The summed E-state index contributed by atoms with van der Waals surface area (Å²) in [6.07, 6.45) is 8.32. The van der Waals surface area contributed by atoms with Crippen LogP contribution in [0.4, 0.5) is 0 Å². The van der Waals surface area contributed by atoms with Crippen molar-refractivity contribution in [3.05, 3.63) is 0 Å². The first-order valence-electron chi connectivity index (χ1n) is 12.0. The van der Waals surface area contributed by atoms with Gasteiger partial charge in [-0.25, -0.2) is 0 Å². The first-order valence-corrected chi connectivity index (χ1v) is 12.0. The summed E-state index contributed by atoms with van der Waals surface area (Å²) in [6.45, 7) is 14.1. The SMILES string of the molecule is CCCCC1C(COC(=O)C2CCCC(C)C2C(=O)O)CCC(C(C)C)C1(C)C. The van der Waals surface area contributed by atoms with E-state index in [4.69, 9.17) is 4.74 Å². The first-order chi connectivity index (χ1) is 13.6. The summed E-state index contributed by atoms with van der Waals surface area (Å²) in [4.78, 5) is 24.6. The van der Waals surface area contributed by atoms with E-state index in [1.54, 1.807) is 0 Å². The van der Waals surface area contributed by atoms with Gasteiger partial charge in [-0.2, -0.15) is 0 Å². The number of aliphatic carboxylic acids is 1. The third-order valence-electron chi connectivity index (χ3n) is 8.25. The van der Waals surface area contributed by atoms with E-state index in [0.29, 0.717) is 36.7 Å². The van der Waals surface area contributed by atoms with E-state index in [2.05, 4.69) is 34.6 Å². The predicted octanol–water partition coefficient (Wildman–Crippen LogP) is 6.18. The normalized spacial score (nSPS) is 34.7. The number of hydrogen-bond donors (Lipinski definition) is 1. The monoisotopic (exact) mass is 408 g/mol. The number of esters is 1. The van der Waals surface area contributed by atoms with Gasteiger partial charge in [-0.3, -0.25) is 9.59 Å². The predicted molar refractivity (Wildman–Crippen MR) is 116 cm³/mol. The van der Waals surface area contributed by atoms with Crippen molar-refractivity contribution in [2.45, 2.75) is 92.9 Å². The molecule has 4 nitrogen and oxygen atoms in total. The molecule has 29 heavy (non-hydrogen) atoms. The Bertz CT molecular complexity index is 553. The molecule has 2 aliphatic rings. The van der Waals surface area contributed by atoms with Gasteiger partial charge >= 0.3 is 11.9 Å². The summed E-state index contributed by atoms with van der Waals surface area (Å²) in [5.74, 6) is 0.143. The first kappa shape index (κ1) is 24.2. The molecule has 4 heteroatoms. The average molecular weight is 409 g/mol. The van der Waals surface area contributed by atoms with Gasteiger partial charge in [-0.05, 0) is 67.1 Å². The van der Waals surface area contributed by atoms with Gasteiger partial charge in [-0.15, -0.1) is 0 Å². The number of carbonyl (C=O) groups is 2. The minimum atomic E-state index is -0.849. The third-order valence-corrected chi connectivity index (χ3v) is 8.25. The quantitative estimate of drug-likeness (QED) is 0.487. The Labute approximate surface area is 178 Å². The van der Waals surface area contributed by atoms with Gasteiger partial charge in [0.1, 0.15) is 0 Å². The van der Waals surface area contributed by atoms with Crippen LogP contribution in [0, 0.1) is 46.8 Å². The van der Waals surface area contributed by atoms with Crippen molar-refractivity contribution in [3.63, 3.8) is 0 Å². The minimum absolute atomic E-state index is 0.0384. The number of hydrogen-bond acceptors (Lipinski definition) is 3. The Morgan fingerprint density at radius 2 is 1.83 bits per heavy atom. The largest absolute Gasteiger partial charge is 0.481 e. The fourth-order valence-electron chi connectivity index (χ4n) is 6.66. The van der Waals surface area contributed by atoms with Crippen molar-refractivity contribution in [3.8, 4) is 0 Å². The maximum absolute atomic E-state index is 12.9. The Hall–Kier alpha value is -1.06. The Morgan fingerprint density at radius 3 is 2.41 bits per heavy atom. The summed E-state index contributed by atoms with van der Waals surface area (Å²) in [7, 11) is 0. The maximum Gasteiger partial charge on any atom is 0.309 e. The average Bonchev–Trinajstić information content (AvgIpc) is 2.63. The molecule has 0 radical (unpaired) electrons. The molecule has 0 aromatic rings. The fraction of sp³-hybridized carbons (Fsp3) is 0.920. The zero-order valence-corrected chi connectivity index (χ0v) is 19.6. The van der Waals surface area contributed by atoms with E-state index in [1.165, 1.54) is 25.7 Å². The summed E-state index contributed by atoms with van der Waals surface area (Å²) in [6, 6.07) is 0. The molecule has 0 spiro atoms. The number of unbranched alkanes of at least 4 members (excludes halogenated alkanes) is 1. The lowest BCUT2D eigenvalue weighted by Gasteiger charge is -2.51. The van der Waals surface area contributed by atoms with Gasteiger partial charge < -0.3 is 9.84 Å². The zero-order valence-electron chi connectivity index (χ0n) is 19.6. The molecule has 0 aliphatic heterocycles. The second-order valence-electron chi connectivity index (χ2n) is 10.8. The van der Waals surface area contributed by atoms with E-state index in [1.807, 2.05) is 6.92 Å². The number of ether oxygens (including phenoxy) is 1. The zero-order chi connectivity index (χ0) is 21.8. The Balaban J connectivity index is 2.07. The van der Waals surface area contributed by atoms with Crippen LogP contribution in [0.15, 0.2) is 0 Å². The van der Waals surface area contributed by atoms with Crippen LogP contribution < -0.4 is 0 Å². The van der Waals surface area contributed by atoms with Gasteiger partial charge in [0.25, 0.3) is 0 Å². The van der Waals surface area contributed by atoms with Crippen LogP contribution in [0.5, 0.6) is 0 Å². The standard InChI is InChI=1S/C25H44O4/c1-7-8-12-21-18(13-14-20(16(2)3)25(21,5)6)15-29-24(28)19-11-9-10-17(4)22(19)23(26)27/h16-22H,7-15H2,1-6H3,(H,26,27). The molecule has 0 aromatic carbocycles. The molecule has 0 saturated heterocycles. The minimum Gasteiger partial charge on any atom is -0.481 e. The van der Waals surface area contributed by atoms with Crippen molar-refractivity contribution in [1.82, 2.24) is 0 Å². The summed E-state index contributed by atoms with van der Waals surface area (Å²) < 4.78 is 5.85. The van der Waals surface area contributed by atoms with Gasteiger partial charge in [0.2, 0.25) is 0 Å². The molecule has 168 valence electrons. The van der Waals surface area contributed by atoms with E-state index in [-0.39, 0.29) is 17.3 Å². The molecule has 0 aromatic heterocycles. The van der Waals surface area contributed by atoms with E-state index < -0.39 is 17.8 Å². The summed E-state index contributed by atoms with van der Waals surface area (Å²) in [5, 5.41) is 9.63. The smallest absolute Gasteiger partial charge is 0.309 e. The molecule has 2 rings (SSSR count). The highest BCUT2D eigenvalue weighted by Crippen LogP contribution is 2.52.